The highest BCUT2D eigenvalue weighted by Gasteiger charge is 2.36. The highest BCUT2D eigenvalue weighted by Crippen LogP contribution is 2.31. The summed E-state index contributed by atoms with van der Waals surface area (Å²) in [5.74, 6) is 0. The number of para-hydroxylation sites is 2. The third-order valence-corrected chi connectivity index (χ3v) is 4.06. The Hall–Kier alpha value is -3.37. The van der Waals surface area contributed by atoms with Crippen LogP contribution in [-0.2, 0) is 0 Å². The molecule has 0 aromatic heterocycles. The lowest BCUT2D eigenvalue weighted by molar-refractivity contribution is 0.652. The van der Waals surface area contributed by atoms with Gasteiger partial charge < -0.3 is 4.90 Å². The molecule has 0 atom stereocenters. The van der Waals surface area contributed by atoms with Crippen molar-refractivity contribution in [2.45, 2.75) is 33.2 Å². The normalized spacial score (nSPS) is 11.2. The zero-order chi connectivity index (χ0) is 19.2. The SMILES string of the molecule is CC(C)=C(C#N)N(c1ccccc1)C(C)(C)C(C#N)=Nc1ccccc1. The van der Waals surface area contributed by atoms with Gasteiger partial charge in [-0.1, -0.05) is 36.4 Å². The maximum atomic E-state index is 9.81. The van der Waals surface area contributed by atoms with Gasteiger partial charge in [0, 0.05) is 5.69 Å². The minimum Gasteiger partial charge on any atom is -0.321 e. The number of aliphatic imine (C=N–C) groups is 1. The fourth-order valence-corrected chi connectivity index (χ4v) is 2.73. The second-order valence-electron chi connectivity index (χ2n) is 6.60. The molecule has 4 heteroatoms. The largest absolute Gasteiger partial charge is 0.321 e. The molecule has 0 aliphatic heterocycles. The van der Waals surface area contributed by atoms with E-state index < -0.39 is 5.54 Å². The number of anilines is 1. The van der Waals surface area contributed by atoms with Crippen molar-refractivity contribution in [1.29, 1.82) is 10.5 Å². The van der Waals surface area contributed by atoms with Crippen LogP contribution in [0.1, 0.15) is 27.7 Å². The van der Waals surface area contributed by atoms with Crippen molar-refractivity contribution in [1.82, 2.24) is 0 Å². The predicted molar refractivity (Wildman–Crippen MR) is 106 cm³/mol. The Balaban J connectivity index is 2.66. The summed E-state index contributed by atoms with van der Waals surface area (Å²) in [5.41, 5.74) is 2.46. The summed E-state index contributed by atoms with van der Waals surface area (Å²) in [5, 5.41) is 19.6. The molecule has 2 aromatic rings. The molecule has 0 unspecified atom stereocenters. The first-order valence-electron chi connectivity index (χ1n) is 8.39. The Labute approximate surface area is 155 Å². The molecule has 0 fully saturated rings. The maximum Gasteiger partial charge on any atom is 0.143 e. The van der Waals surface area contributed by atoms with Crippen LogP contribution >= 0.6 is 0 Å². The number of allylic oxidation sites excluding steroid dienone is 2. The van der Waals surface area contributed by atoms with Gasteiger partial charge in [0.05, 0.1) is 11.2 Å². The highest BCUT2D eigenvalue weighted by atomic mass is 15.2. The number of hydrogen-bond acceptors (Lipinski definition) is 4. The molecule has 0 bridgehead atoms. The van der Waals surface area contributed by atoms with E-state index in [1.165, 1.54) is 0 Å². The monoisotopic (exact) mass is 342 g/mol. The molecule has 2 aromatic carbocycles. The van der Waals surface area contributed by atoms with Gasteiger partial charge in [-0.15, -0.1) is 0 Å². The summed E-state index contributed by atoms with van der Waals surface area (Å²) in [6.45, 7) is 7.60. The Morgan fingerprint density at radius 2 is 1.42 bits per heavy atom. The number of benzene rings is 2. The topological polar surface area (TPSA) is 63.2 Å². The first kappa shape index (κ1) is 19.0. The maximum absolute atomic E-state index is 9.81. The second kappa shape index (κ2) is 8.14. The zero-order valence-corrected chi connectivity index (χ0v) is 15.6. The first-order valence-corrected chi connectivity index (χ1v) is 8.39. The van der Waals surface area contributed by atoms with Gasteiger partial charge in [0.25, 0.3) is 0 Å². The molecule has 130 valence electrons. The summed E-state index contributed by atoms with van der Waals surface area (Å²) in [7, 11) is 0. The first-order chi connectivity index (χ1) is 12.4. The molecule has 0 saturated heterocycles. The fraction of sp³-hybridized carbons (Fsp3) is 0.227. The predicted octanol–water partition coefficient (Wildman–Crippen LogP) is 5.39. The molecule has 0 heterocycles. The van der Waals surface area contributed by atoms with Crippen molar-refractivity contribution >= 4 is 17.1 Å². The molecule has 26 heavy (non-hydrogen) atoms. The van der Waals surface area contributed by atoms with Gasteiger partial charge in [0.2, 0.25) is 0 Å². The fourth-order valence-electron chi connectivity index (χ4n) is 2.73. The Morgan fingerprint density at radius 3 is 1.88 bits per heavy atom. The van der Waals surface area contributed by atoms with Crippen LogP contribution in [0.5, 0.6) is 0 Å². The van der Waals surface area contributed by atoms with E-state index in [-0.39, 0.29) is 0 Å². The summed E-state index contributed by atoms with van der Waals surface area (Å²) >= 11 is 0. The second-order valence-corrected chi connectivity index (χ2v) is 6.60. The lowest BCUT2D eigenvalue weighted by Crippen LogP contribution is -2.49. The quantitative estimate of drug-likeness (QED) is 0.541. The number of nitrogens with zero attached hydrogens (tertiary/aromatic N) is 4. The summed E-state index contributed by atoms with van der Waals surface area (Å²) in [6, 6.07) is 23.5. The molecule has 0 N–H and O–H groups in total. The molecular formula is C22H22N4. The van der Waals surface area contributed by atoms with E-state index in [0.717, 1.165) is 11.3 Å². The van der Waals surface area contributed by atoms with Gasteiger partial charge in [0.1, 0.15) is 23.5 Å². The molecule has 0 aliphatic rings. The van der Waals surface area contributed by atoms with Crippen LogP contribution in [0.2, 0.25) is 0 Å². The molecule has 0 amide bonds. The minimum atomic E-state index is -0.811. The van der Waals surface area contributed by atoms with Gasteiger partial charge in [-0.3, -0.25) is 0 Å². The number of rotatable bonds is 5. The van der Waals surface area contributed by atoms with Gasteiger partial charge >= 0.3 is 0 Å². The lowest BCUT2D eigenvalue weighted by Gasteiger charge is -2.39. The Kier molecular flexibility index (Phi) is 5.94. The van der Waals surface area contributed by atoms with Gasteiger partial charge in [-0.05, 0) is 57.5 Å². The summed E-state index contributed by atoms with van der Waals surface area (Å²) in [4.78, 5) is 6.44. The standard InChI is InChI=1S/C22H22N4/c1-17(2)20(15-23)26(19-13-9-6-10-14-19)22(3,4)21(16-24)25-18-11-7-5-8-12-18/h5-14H,1-4H3. The average molecular weight is 342 g/mol. The van der Waals surface area contributed by atoms with Crippen LogP contribution < -0.4 is 4.90 Å². The van der Waals surface area contributed by atoms with Crippen LogP contribution in [0.15, 0.2) is 76.9 Å². The van der Waals surface area contributed by atoms with Crippen molar-refractivity contribution < 1.29 is 0 Å². The molecule has 0 radical (unpaired) electrons. The zero-order valence-electron chi connectivity index (χ0n) is 15.6. The van der Waals surface area contributed by atoms with Crippen molar-refractivity contribution in [2.75, 3.05) is 4.90 Å². The van der Waals surface area contributed by atoms with E-state index in [4.69, 9.17) is 0 Å². The van der Waals surface area contributed by atoms with Crippen LogP contribution in [0.4, 0.5) is 11.4 Å². The van der Waals surface area contributed by atoms with Crippen LogP contribution in [-0.4, -0.2) is 11.3 Å². The minimum absolute atomic E-state index is 0.335. The Bertz CT molecular complexity index is 891. The third-order valence-electron chi connectivity index (χ3n) is 4.06. The molecule has 0 saturated carbocycles. The van der Waals surface area contributed by atoms with Gasteiger partial charge in [-0.25, -0.2) is 4.99 Å². The van der Waals surface area contributed by atoms with Gasteiger partial charge in [0.15, 0.2) is 0 Å². The summed E-state index contributed by atoms with van der Waals surface area (Å²) in [6.07, 6.45) is 0. The Morgan fingerprint density at radius 1 is 0.885 bits per heavy atom. The van der Waals surface area contributed by atoms with Gasteiger partial charge in [-0.2, -0.15) is 10.5 Å². The van der Waals surface area contributed by atoms with Crippen LogP contribution in [0.3, 0.4) is 0 Å². The third kappa shape index (κ3) is 3.99. The van der Waals surface area contributed by atoms with Crippen molar-refractivity contribution in [3.8, 4) is 12.1 Å². The molecule has 0 aliphatic carbocycles. The smallest absolute Gasteiger partial charge is 0.143 e. The van der Waals surface area contributed by atoms with Crippen molar-refractivity contribution in [3.63, 3.8) is 0 Å². The van der Waals surface area contributed by atoms with E-state index in [1.54, 1.807) is 0 Å². The van der Waals surface area contributed by atoms with E-state index in [0.29, 0.717) is 17.1 Å². The molecular weight excluding hydrogens is 320 g/mol. The number of hydrogen-bond donors (Lipinski definition) is 0. The molecule has 2 rings (SSSR count). The van der Waals surface area contributed by atoms with Crippen LogP contribution in [0.25, 0.3) is 0 Å². The van der Waals surface area contributed by atoms with E-state index >= 15 is 0 Å². The average Bonchev–Trinajstić information content (AvgIpc) is 2.64. The molecule has 4 nitrogen and oxygen atoms in total. The van der Waals surface area contributed by atoms with E-state index in [9.17, 15) is 10.5 Å². The van der Waals surface area contributed by atoms with Crippen molar-refractivity contribution in [3.05, 3.63) is 71.9 Å². The van der Waals surface area contributed by atoms with Crippen LogP contribution in [0, 0.1) is 22.7 Å². The van der Waals surface area contributed by atoms with E-state index in [2.05, 4.69) is 17.1 Å². The number of nitriles is 2. The highest BCUT2D eigenvalue weighted by molar-refractivity contribution is 6.09. The molecule has 0 spiro atoms. The summed E-state index contributed by atoms with van der Waals surface area (Å²) < 4.78 is 0. The lowest BCUT2D eigenvalue weighted by atomic mass is 9.93. The van der Waals surface area contributed by atoms with Crippen molar-refractivity contribution in [2.24, 2.45) is 4.99 Å². The van der Waals surface area contributed by atoms with E-state index in [1.807, 2.05) is 93.3 Å².